The Kier molecular flexibility index (Phi) is 9.70. The van der Waals surface area contributed by atoms with Gasteiger partial charge in [-0.15, -0.1) is 24.8 Å². The number of hydrogen-bond donors (Lipinski definition) is 2. The smallest absolute Gasteiger partial charge is 0.254 e. The lowest BCUT2D eigenvalue weighted by Gasteiger charge is -2.34. The number of furan rings is 1. The van der Waals surface area contributed by atoms with E-state index < -0.39 is 0 Å². The summed E-state index contributed by atoms with van der Waals surface area (Å²) in [5.41, 5.74) is 6.01. The molecular formula is C14H25Cl2N3O2. The van der Waals surface area contributed by atoms with Crippen LogP contribution in [-0.4, -0.2) is 36.5 Å². The molecule has 0 bridgehead atoms. The van der Waals surface area contributed by atoms with E-state index in [2.05, 4.69) is 17.1 Å². The van der Waals surface area contributed by atoms with Gasteiger partial charge in [0.05, 0.1) is 12.1 Å². The number of piperidine rings is 1. The zero-order valence-electron chi connectivity index (χ0n) is 12.3. The first-order valence-electron chi connectivity index (χ1n) is 7.04. The number of likely N-dealkylation sites (N-methyl/N-ethyl adjacent to an activating group) is 1. The van der Waals surface area contributed by atoms with Crippen molar-refractivity contribution in [3.05, 3.63) is 23.7 Å². The van der Waals surface area contributed by atoms with Gasteiger partial charge in [-0.1, -0.05) is 13.3 Å². The Balaban J connectivity index is 0.00000200. The molecule has 21 heavy (non-hydrogen) atoms. The third kappa shape index (κ3) is 5.51. The average molecular weight is 338 g/mol. The quantitative estimate of drug-likeness (QED) is 0.863. The number of hydrogen-bond acceptors (Lipinski definition) is 4. The number of halogens is 2. The minimum Gasteiger partial charge on any atom is -0.467 e. The summed E-state index contributed by atoms with van der Waals surface area (Å²) in [5, 5.41) is 2.99. The molecule has 0 aromatic carbocycles. The Bertz CT molecular complexity index is 426. The largest absolute Gasteiger partial charge is 0.467 e. The molecule has 1 amide bonds. The SMILES string of the molecule is CCN1CCCCC1CNC(=O)c1coc(CN)c1.Cl.Cl. The summed E-state index contributed by atoms with van der Waals surface area (Å²) in [4.78, 5) is 14.4. The van der Waals surface area contributed by atoms with E-state index in [1.807, 2.05) is 0 Å². The molecule has 1 aliphatic heterocycles. The van der Waals surface area contributed by atoms with E-state index in [9.17, 15) is 4.79 Å². The predicted octanol–water partition coefficient (Wildman–Crippen LogP) is 2.19. The maximum absolute atomic E-state index is 12.0. The fourth-order valence-corrected chi connectivity index (χ4v) is 2.63. The summed E-state index contributed by atoms with van der Waals surface area (Å²) in [6.07, 6.45) is 5.14. The van der Waals surface area contributed by atoms with Crippen LogP contribution in [0.25, 0.3) is 0 Å². The number of carbonyl (C=O) groups is 1. The van der Waals surface area contributed by atoms with E-state index in [0.29, 0.717) is 30.5 Å². The van der Waals surface area contributed by atoms with E-state index >= 15 is 0 Å². The van der Waals surface area contributed by atoms with E-state index in [1.54, 1.807) is 6.07 Å². The van der Waals surface area contributed by atoms with Gasteiger partial charge < -0.3 is 15.5 Å². The van der Waals surface area contributed by atoms with Gasteiger partial charge in [0, 0.05) is 12.6 Å². The zero-order valence-corrected chi connectivity index (χ0v) is 14.0. The van der Waals surface area contributed by atoms with Gasteiger partial charge in [0.15, 0.2) is 0 Å². The average Bonchev–Trinajstić information content (AvgIpc) is 2.94. The first-order chi connectivity index (χ1) is 9.24. The van der Waals surface area contributed by atoms with Crippen LogP contribution in [0.4, 0.5) is 0 Å². The molecule has 7 heteroatoms. The van der Waals surface area contributed by atoms with Gasteiger partial charge in [-0.3, -0.25) is 9.69 Å². The highest BCUT2D eigenvalue weighted by Crippen LogP contribution is 2.16. The third-order valence-electron chi connectivity index (χ3n) is 3.77. The highest BCUT2D eigenvalue weighted by atomic mass is 35.5. The Morgan fingerprint density at radius 3 is 2.86 bits per heavy atom. The van der Waals surface area contributed by atoms with Crippen LogP contribution in [0.1, 0.15) is 42.3 Å². The second-order valence-electron chi connectivity index (χ2n) is 4.99. The maximum atomic E-state index is 12.0. The minimum atomic E-state index is -0.0786. The second kappa shape index (κ2) is 10.1. The first kappa shape index (κ1) is 20.2. The van der Waals surface area contributed by atoms with Crippen molar-refractivity contribution in [1.82, 2.24) is 10.2 Å². The first-order valence-corrected chi connectivity index (χ1v) is 7.04. The molecule has 0 aliphatic carbocycles. The molecule has 1 unspecified atom stereocenters. The van der Waals surface area contributed by atoms with Crippen LogP contribution in [0.15, 0.2) is 16.7 Å². The van der Waals surface area contributed by atoms with Crippen LogP contribution in [0.5, 0.6) is 0 Å². The lowest BCUT2D eigenvalue weighted by Crippen LogP contribution is -2.46. The molecule has 1 aromatic heterocycles. The Labute approximate surface area is 138 Å². The van der Waals surface area contributed by atoms with Gasteiger partial charge >= 0.3 is 0 Å². The Morgan fingerprint density at radius 1 is 1.48 bits per heavy atom. The number of amides is 1. The second-order valence-corrected chi connectivity index (χ2v) is 4.99. The molecule has 1 aliphatic rings. The monoisotopic (exact) mass is 337 g/mol. The van der Waals surface area contributed by atoms with Gasteiger partial charge in [-0.2, -0.15) is 0 Å². The molecule has 0 saturated carbocycles. The molecule has 5 nitrogen and oxygen atoms in total. The molecule has 2 heterocycles. The summed E-state index contributed by atoms with van der Waals surface area (Å²) in [6.45, 7) is 5.38. The Morgan fingerprint density at radius 2 is 2.24 bits per heavy atom. The van der Waals surface area contributed by atoms with Crippen LogP contribution in [-0.2, 0) is 6.54 Å². The number of nitrogens with one attached hydrogen (secondary N) is 1. The highest BCUT2D eigenvalue weighted by molar-refractivity contribution is 5.93. The van der Waals surface area contributed by atoms with Crippen molar-refractivity contribution in [2.24, 2.45) is 5.73 Å². The van der Waals surface area contributed by atoms with Crippen molar-refractivity contribution in [2.45, 2.75) is 38.8 Å². The minimum absolute atomic E-state index is 0. The van der Waals surface area contributed by atoms with Crippen LogP contribution in [0.3, 0.4) is 0 Å². The van der Waals surface area contributed by atoms with E-state index in [0.717, 1.165) is 19.5 Å². The van der Waals surface area contributed by atoms with Gasteiger partial charge in [0.2, 0.25) is 0 Å². The predicted molar refractivity (Wildman–Crippen MR) is 88.3 cm³/mol. The van der Waals surface area contributed by atoms with Crippen LogP contribution in [0, 0.1) is 0 Å². The summed E-state index contributed by atoms with van der Waals surface area (Å²) in [7, 11) is 0. The van der Waals surface area contributed by atoms with Crippen molar-refractivity contribution in [3.63, 3.8) is 0 Å². The van der Waals surface area contributed by atoms with Crippen LogP contribution < -0.4 is 11.1 Å². The molecule has 1 saturated heterocycles. The highest BCUT2D eigenvalue weighted by Gasteiger charge is 2.21. The summed E-state index contributed by atoms with van der Waals surface area (Å²) >= 11 is 0. The van der Waals surface area contributed by atoms with Gasteiger partial charge in [-0.05, 0) is 32.0 Å². The molecule has 0 radical (unpaired) electrons. The molecular weight excluding hydrogens is 313 g/mol. The molecule has 3 N–H and O–H groups in total. The van der Waals surface area contributed by atoms with Crippen molar-refractivity contribution in [2.75, 3.05) is 19.6 Å². The maximum Gasteiger partial charge on any atom is 0.254 e. The third-order valence-corrected chi connectivity index (χ3v) is 3.77. The number of carbonyl (C=O) groups excluding carboxylic acids is 1. The summed E-state index contributed by atoms with van der Waals surface area (Å²) in [5.74, 6) is 0.558. The van der Waals surface area contributed by atoms with Crippen molar-refractivity contribution in [1.29, 1.82) is 0 Å². The van der Waals surface area contributed by atoms with Crippen molar-refractivity contribution in [3.8, 4) is 0 Å². The molecule has 122 valence electrons. The van der Waals surface area contributed by atoms with Gasteiger partial charge in [0.1, 0.15) is 12.0 Å². The zero-order chi connectivity index (χ0) is 13.7. The van der Waals surface area contributed by atoms with Crippen LogP contribution in [0.2, 0.25) is 0 Å². The lowest BCUT2D eigenvalue weighted by molar-refractivity contribution is 0.0917. The van der Waals surface area contributed by atoms with Gasteiger partial charge in [-0.25, -0.2) is 0 Å². The number of rotatable bonds is 5. The van der Waals surface area contributed by atoms with Gasteiger partial charge in [0.25, 0.3) is 5.91 Å². The topological polar surface area (TPSA) is 71.5 Å². The number of likely N-dealkylation sites (tertiary alicyclic amines) is 1. The van der Waals surface area contributed by atoms with E-state index in [1.165, 1.54) is 19.1 Å². The Hall–Kier alpha value is -0.750. The summed E-state index contributed by atoms with van der Waals surface area (Å²) in [6, 6.07) is 2.16. The van der Waals surface area contributed by atoms with Crippen LogP contribution >= 0.6 is 24.8 Å². The standard InChI is InChI=1S/C14H23N3O2.2ClH/c1-2-17-6-4-3-5-12(17)9-16-14(18)11-7-13(8-15)19-10-11;;/h7,10,12H,2-6,8-9,15H2,1H3,(H,16,18);2*1H. The molecule has 1 fully saturated rings. The fraction of sp³-hybridized carbons (Fsp3) is 0.643. The van der Waals surface area contributed by atoms with Crippen molar-refractivity contribution >= 4 is 30.7 Å². The molecule has 1 aromatic rings. The summed E-state index contributed by atoms with van der Waals surface area (Å²) < 4.78 is 5.17. The molecule has 1 atom stereocenters. The van der Waals surface area contributed by atoms with E-state index in [4.69, 9.17) is 10.2 Å². The molecule has 2 rings (SSSR count). The lowest BCUT2D eigenvalue weighted by atomic mass is 10.0. The number of nitrogens with zero attached hydrogens (tertiary/aromatic N) is 1. The van der Waals surface area contributed by atoms with E-state index in [-0.39, 0.29) is 30.7 Å². The fourth-order valence-electron chi connectivity index (χ4n) is 2.63. The number of nitrogens with two attached hydrogens (primary N) is 1. The molecule has 0 spiro atoms. The van der Waals surface area contributed by atoms with Crippen molar-refractivity contribution < 1.29 is 9.21 Å². The normalized spacial score (nSPS) is 18.5.